The van der Waals surface area contributed by atoms with Crippen molar-refractivity contribution < 1.29 is 4.79 Å². The minimum Gasteiger partial charge on any atom is -0.326 e. The highest BCUT2D eigenvalue weighted by molar-refractivity contribution is 9.10. The molecule has 4 fully saturated rings. The normalized spacial score (nSPS) is 36.8. The van der Waals surface area contributed by atoms with Crippen molar-refractivity contribution in [1.29, 1.82) is 0 Å². The van der Waals surface area contributed by atoms with E-state index in [0.29, 0.717) is 0 Å². The van der Waals surface area contributed by atoms with Crippen LogP contribution in [0.15, 0.2) is 22.7 Å². The number of rotatable bonds is 2. The number of hydrogen-bond acceptors (Lipinski definition) is 1. The minimum atomic E-state index is -0.0634. The van der Waals surface area contributed by atoms with Gasteiger partial charge in [0.25, 0.3) is 0 Å². The maximum atomic E-state index is 12.9. The number of carbonyl (C=O) groups is 1. The standard InChI is InChI=1S/C18H22BrNO/c1-11-2-3-15(7-16(11)19)20-17(21)18-8-12-4-13(9-18)6-14(5-12)10-18/h2-3,7,12-14H,4-6,8-10H2,1H3,(H,20,21). The Kier molecular flexibility index (Phi) is 3.18. The summed E-state index contributed by atoms with van der Waals surface area (Å²) in [6.07, 6.45) is 7.50. The summed E-state index contributed by atoms with van der Waals surface area (Å²) in [4.78, 5) is 12.9. The van der Waals surface area contributed by atoms with Crippen LogP contribution in [0.3, 0.4) is 0 Å². The third-order valence-corrected chi connectivity index (χ3v) is 6.80. The molecule has 0 atom stereocenters. The summed E-state index contributed by atoms with van der Waals surface area (Å²) in [5.41, 5.74) is 2.06. The number of amides is 1. The van der Waals surface area contributed by atoms with Crippen LogP contribution in [0.1, 0.15) is 44.1 Å². The van der Waals surface area contributed by atoms with E-state index in [2.05, 4.69) is 34.2 Å². The van der Waals surface area contributed by atoms with Crippen LogP contribution in [0.4, 0.5) is 5.69 Å². The van der Waals surface area contributed by atoms with Crippen molar-refractivity contribution in [1.82, 2.24) is 0 Å². The predicted octanol–water partition coefficient (Wildman–Crippen LogP) is 4.91. The average Bonchev–Trinajstić information content (AvgIpc) is 2.41. The van der Waals surface area contributed by atoms with E-state index < -0.39 is 0 Å². The second kappa shape index (κ2) is 4.84. The molecule has 1 aromatic carbocycles. The monoisotopic (exact) mass is 347 g/mol. The minimum absolute atomic E-state index is 0.0634. The molecule has 1 aromatic rings. The predicted molar refractivity (Wildman–Crippen MR) is 88.1 cm³/mol. The van der Waals surface area contributed by atoms with Gasteiger partial charge in [-0.3, -0.25) is 4.79 Å². The molecule has 4 aliphatic rings. The third-order valence-electron chi connectivity index (χ3n) is 5.95. The molecule has 0 radical (unpaired) electrons. The van der Waals surface area contributed by atoms with Crippen LogP contribution >= 0.6 is 15.9 Å². The van der Waals surface area contributed by atoms with Crippen molar-refractivity contribution in [3.63, 3.8) is 0 Å². The van der Waals surface area contributed by atoms with E-state index in [1.807, 2.05) is 12.1 Å². The van der Waals surface area contributed by atoms with E-state index in [4.69, 9.17) is 0 Å². The molecular weight excluding hydrogens is 326 g/mol. The van der Waals surface area contributed by atoms with E-state index in [9.17, 15) is 4.79 Å². The molecule has 1 amide bonds. The van der Waals surface area contributed by atoms with Gasteiger partial charge < -0.3 is 5.32 Å². The largest absolute Gasteiger partial charge is 0.326 e. The lowest BCUT2D eigenvalue weighted by molar-refractivity contribution is -0.140. The van der Waals surface area contributed by atoms with Gasteiger partial charge >= 0.3 is 0 Å². The van der Waals surface area contributed by atoms with E-state index in [-0.39, 0.29) is 11.3 Å². The number of carbonyl (C=O) groups excluding carboxylic acids is 1. The number of aryl methyl sites for hydroxylation is 1. The molecule has 0 aromatic heterocycles. The summed E-state index contributed by atoms with van der Waals surface area (Å²) in [6, 6.07) is 6.09. The van der Waals surface area contributed by atoms with Gasteiger partial charge in [-0.25, -0.2) is 0 Å². The highest BCUT2D eigenvalue weighted by Crippen LogP contribution is 2.60. The Morgan fingerprint density at radius 2 is 1.71 bits per heavy atom. The molecule has 21 heavy (non-hydrogen) atoms. The first-order chi connectivity index (χ1) is 10.0. The Labute approximate surface area is 134 Å². The van der Waals surface area contributed by atoms with Crippen LogP contribution in [0, 0.1) is 30.1 Å². The first-order valence-corrected chi connectivity index (χ1v) is 8.91. The number of hydrogen-bond donors (Lipinski definition) is 1. The summed E-state index contributed by atoms with van der Waals surface area (Å²) in [5, 5.41) is 3.20. The molecule has 0 heterocycles. The smallest absolute Gasteiger partial charge is 0.230 e. The van der Waals surface area contributed by atoms with Crippen molar-refractivity contribution in [3.8, 4) is 0 Å². The fourth-order valence-electron chi connectivity index (χ4n) is 5.32. The van der Waals surface area contributed by atoms with Crippen LogP contribution in [0.5, 0.6) is 0 Å². The molecule has 4 bridgehead atoms. The van der Waals surface area contributed by atoms with Crippen LogP contribution in [-0.4, -0.2) is 5.91 Å². The molecule has 3 heteroatoms. The topological polar surface area (TPSA) is 29.1 Å². The number of benzene rings is 1. The molecule has 112 valence electrons. The van der Waals surface area contributed by atoms with Gasteiger partial charge in [0.1, 0.15) is 0 Å². The average molecular weight is 348 g/mol. The quantitative estimate of drug-likeness (QED) is 0.808. The van der Waals surface area contributed by atoms with Gasteiger partial charge in [0.15, 0.2) is 0 Å². The molecule has 0 spiro atoms. The zero-order valence-electron chi connectivity index (χ0n) is 12.5. The van der Waals surface area contributed by atoms with Crippen LogP contribution in [-0.2, 0) is 4.79 Å². The Hall–Kier alpha value is -0.830. The SMILES string of the molecule is Cc1ccc(NC(=O)C23CC4CC(CC(C4)C2)C3)cc1Br. The molecule has 4 saturated carbocycles. The lowest BCUT2D eigenvalue weighted by atomic mass is 9.49. The van der Waals surface area contributed by atoms with Gasteiger partial charge in [-0.2, -0.15) is 0 Å². The van der Waals surface area contributed by atoms with Crippen LogP contribution < -0.4 is 5.32 Å². The van der Waals surface area contributed by atoms with Gasteiger partial charge in [-0.05, 0) is 80.9 Å². The van der Waals surface area contributed by atoms with Gasteiger partial charge in [-0.1, -0.05) is 22.0 Å². The van der Waals surface area contributed by atoms with Gasteiger partial charge in [0, 0.05) is 10.2 Å². The molecule has 0 saturated heterocycles. The Bertz CT molecular complexity index is 560. The van der Waals surface area contributed by atoms with Gasteiger partial charge in [-0.15, -0.1) is 0 Å². The van der Waals surface area contributed by atoms with Gasteiger partial charge in [0.05, 0.1) is 5.41 Å². The van der Waals surface area contributed by atoms with Crippen molar-refractivity contribution in [3.05, 3.63) is 28.2 Å². The van der Waals surface area contributed by atoms with Gasteiger partial charge in [0.2, 0.25) is 5.91 Å². The molecule has 4 aliphatic carbocycles. The highest BCUT2D eigenvalue weighted by atomic mass is 79.9. The maximum absolute atomic E-state index is 12.9. The first-order valence-electron chi connectivity index (χ1n) is 8.12. The van der Waals surface area contributed by atoms with Crippen molar-refractivity contribution >= 4 is 27.5 Å². The van der Waals surface area contributed by atoms with E-state index >= 15 is 0 Å². The fraction of sp³-hybridized carbons (Fsp3) is 0.611. The summed E-state index contributed by atoms with van der Waals surface area (Å²) in [6.45, 7) is 2.06. The van der Waals surface area contributed by atoms with E-state index in [1.165, 1.54) is 24.8 Å². The van der Waals surface area contributed by atoms with E-state index in [1.54, 1.807) is 0 Å². The molecule has 0 unspecified atom stereocenters. The number of anilines is 1. The van der Waals surface area contributed by atoms with Crippen molar-refractivity contribution in [2.24, 2.45) is 23.2 Å². The third kappa shape index (κ3) is 2.34. The molecule has 1 N–H and O–H groups in total. The second-order valence-electron chi connectivity index (χ2n) is 7.62. The molecular formula is C18H22BrNO. The molecule has 5 rings (SSSR count). The molecule has 2 nitrogen and oxygen atoms in total. The van der Waals surface area contributed by atoms with E-state index in [0.717, 1.165) is 47.2 Å². The maximum Gasteiger partial charge on any atom is 0.230 e. The Balaban J connectivity index is 1.56. The number of nitrogens with one attached hydrogen (secondary N) is 1. The Morgan fingerprint density at radius 3 is 2.24 bits per heavy atom. The second-order valence-corrected chi connectivity index (χ2v) is 8.47. The van der Waals surface area contributed by atoms with Crippen LogP contribution in [0.2, 0.25) is 0 Å². The molecule has 0 aliphatic heterocycles. The summed E-state index contributed by atoms with van der Waals surface area (Å²) < 4.78 is 1.06. The van der Waals surface area contributed by atoms with Crippen LogP contribution in [0.25, 0.3) is 0 Å². The lowest BCUT2D eigenvalue weighted by Crippen LogP contribution is -2.51. The summed E-state index contributed by atoms with van der Waals surface area (Å²) >= 11 is 3.55. The number of halogens is 1. The highest BCUT2D eigenvalue weighted by Gasteiger charge is 2.54. The zero-order valence-corrected chi connectivity index (χ0v) is 14.1. The zero-order chi connectivity index (χ0) is 14.6. The summed E-state index contributed by atoms with van der Waals surface area (Å²) in [7, 11) is 0. The summed E-state index contributed by atoms with van der Waals surface area (Å²) in [5.74, 6) is 2.71. The van der Waals surface area contributed by atoms with Crippen molar-refractivity contribution in [2.45, 2.75) is 45.4 Å². The first kappa shape index (κ1) is 13.8. The van der Waals surface area contributed by atoms with Crippen molar-refractivity contribution in [2.75, 3.05) is 5.32 Å². The Morgan fingerprint density at radius 1 is 1.14 bits per heavy atom. The lowest BCUT2D eigenvalue weighted by Gasteiger charge is -2.55. The fourth-order valence-corrected chi connectivity index (χ4v) is 5.70.